The van der Waals surface area contributed by atoms with Crippen molar-refractivity contribution in [3.63, 3.8) is 0 Å². The van der Waals surface area contributed by atoms with Gasteiger partial charge in [0.1, 0.15) is 16.0 Å². The van der Waals surface area contributed by atoms with E-state index in [-0.39, 0.29) is 17.5 Å². The highest BCUT2D eigenvalue weighted by atomic mass is 32.1. The molecule has 0 radical (unpaired) electrons. The van der Waals surface area contributed by atoms with Crippen molar-refractivity contribution in [1.82, 2.24) is 14.5 Å². The summed E-state index contributed by atoms with van der Waals surface area (Å²) in [5.74, 6) is 0.790. The van der Waals surface area contributed by atoms with E-state index in [1.54, 1.807) is 18.0 Å². The summed E-state index contributed by atoms with van der Waals surface area (Å²) in [5, 5.41) is 0. The minimum absolute atomic E-state index is 0.0296. The predicted octanol–water partition coefficient (Wildman–Crippen LogP) is 3.32. The molecule has 1 aliphatic rings. The van der Waals surface area contributed by atoms with Gasteiger partial charge in [-0.05, 0) is 45.0 Å². The number of ether oxygens (including phenoxy) is 1. The number of carbonyl (C=O) groups is 1. The molecule has 1 saturated heterocycles. The van der Waals surface area contributed by atoms with Crippen LogP contribution in [0.1, 0.15) is 35.1 Å². The molecular weight excluding hydrogens is 400 g/mol. The number of carbonyl (C=O) groups excluding carboxylic acids is 1. The Hall–Kier alpha value is -2.87. The molecule has 8 heteroatoms. The first kappa shape index (κ1) is 20.4. The number of rotatable bonds is 4. The first-order valence-electron chi connectivity index (χ1n) is 10.1. The lowest BCUT2D eigenvalue weighted by Crippen LogP contribution is -2.48. The Morgan fingerprint density at radius 2 is 1.80 bits per heavy atom. The third-order valence-corrected chi connectivity index (χ3v) is 6.66. The summed E-state index contributed by atoms with van der Waals surface area (Å²) < 4.78 is 7.39. The second-order valence-electron chi connectivity index (χ2n) is 7.74. The number of benzene rings is 1. The molecule has 1 fully saturated rings. The molecule has 0 saturated carbocycles. The third kappa shape index (κ3) is 3.56. The number of anilines is 1. The Labute approximate surface area is 179 Å². The number of amides is 1. The highest BCUT2D eigenvalue weighted by Crippen LogP contribution is 2.29. The van der Waals surface area contributed by atoms with Crippen LogP contribution >= 0.6 is 11.3 Å². The number of methoxy groups -OCH3 is 1. The van der Waals surface area contributed by atoms with Gasteiger partial charge in [0, 0.05) is 42.8 Å². The van der Waals surface area contributed by atoms with Gasteiger partial charge in [-0.1, -0.05) is 0 Å². The second-order valence-corrected chi connectivity index (χ2v) is 8.96. The number of aromatic nitrogens is 2. The highest BCUT2D eigenvalue weighted by molar-refractivity contribution is 7.19. The van der Waals surface area contributed by atoms with Crippen LogP contribution in [0.5, 0.6) is 5.75 Å². The van der Waals surface area contributed by atoms with Crippen LogP contribution in [0.15, 0.2) is 35.4 Å². The van der Waals surface area contributed by atoms with Crippen molar-refractivity contribution in [3.05, 3.63) is 51.4 Å². The second kappa shape index (κ2) is 8.10. The number of hydrogen-bond acceptors (Lipinski definition) is 6. The highest BCUT2D eigenvalue weighted by Gasteiger charge is 2.27. The standard InChI is InChI=1S/C22H26N4O3S/c1-14(2)26-13-23-19-18(15(3)30-20(19)22(26)28)21(27)25-11-9-24(10-12-25)16-5-7-17(29-4)8-6-16/h5-8,13-14H,9-12H2,1-4H3. The third-order valence-electron chi connectivity index (χ3n) is 5.57. The van der Waals surface area contributed by atoms with E-state index in [2.05, 4.69) is 9.88 Å². The average molecular weight is 427 g/mol. The van der Waals surface area contributed by atoms with Gasteiger partial charge in [0.25, 0.3) is 11.5 Å². The summed E-state index contributed by atoms with van der Waals surface area (Å²) in [4.78, 5) is 35.5. The maximum Gasteiger partial charge on any atom is 0.271 e. The van der Waals surface area contributed by atoms with Crippen molar-refractivity contribution in [2.75, 3.05) is 38.2 Å². The summed E-state index contributed by atoms with van der Waals surface area (Å²) in [5.41, 5.74) is 2.14. The number of hydrogen-bond donors (Lipinski definition) is 0. The molecule has 30 heavy (non-hydrogen) atoms. The van der Waals surface area contributed by atoms with Crippen molar-refractivity contribution < 1.29 is 9.53 Å². The molecular formula is C22H26N4O3S. The maximum absolute atomic E-state index is 13.3. The molecule has 1 aliphatic heterocycles. The van der Waals surface area contributed by atoms with Crippen molar-refractivity contribution >= 4 is 33.1 Å². The van der Waals surface area contributed by atoms with Gasteiger partial charge in [0.15, 0.2) is 0 Å². The summed E-state index contributed by atoms with van der Waals surface area (Å²) in [6, 6.07) is 8.00. The Balaban J connectivity index is 1.54. The first-order valence-corrected chi connectivity index (χ1v) is 10.9. The first-order chi connectivity index (χ1) is 14.4. The molecule has 3 aromatic rings. The van der Waals surface area contributed by atoms with Crippen LogP contribution in [-0.2, 0) is 0 Å². The minimum Gasteiger partial charge on any atom is -0.497 e. The van der Waals surface area contributed by atoms with E-state index < -0.39 is 0 Å². The number of nitrogens with zero attached hydrogens (tertiary/aromatic N) is 4. The molecule has 0 unspecified atom stereocenters. The average Bonchev–Trinajstić information content (AvgIpc) is 3.10. The zero-order valence-corrected chi connectivity index (χ0v) is 18.5. The summed E-state index contributed by atoms with van der Waals surface area (Å²) >= 11 is 1.36. The van der Waals surface area contributed by atoms with E-state index in [1.807, 2.05) is 49.9 Å². The number of piperazine rings is 1. The zero-order chi connectivity index (χ0) is 21.4. The molecule has 1 aromatic carbocycles. The zero-order valence-electron chi connectivity index (χ0n) is 17.7. The Kier molecular flexibility index (Phi) is 5.51. The van der Waals surface area contributed by atoms with Crippen LogP contribution in [0.4, 0.5) is 5.69 Å². The lowest BCUT2D eigenvalue weighted by Gasteiger charge is -2.36. The summed E-state index contributed by atoms with van der Waals surface area (Å²) in [7, 11) is 1.66. The van der Waals surface area contributed by atoms with Gasteiger partial charge in [-0.25, -0.2) is 4.98 Å². The van der Waals surface area contributed by atoms with Crippen LogP contribution in [0, 0.1) is 6.92 Å². The molecule has 0 aliphatic carbocycles. The fraction of sp³-hybridized carbons (Fsp3) is 0.409. The van der Waals surface area contributed by atoms with Gasteiger partial charge in [0.05, 0.1) is 19.0 Å². The quantitative estimate of drug-likeness (QED) is 0.640. The number of thiophene rings is 1. The lowest BCUT2D eigenvalue weighted by atomic mass is 10.1. The summed E-state index contributed by atoms with van der Waals surface area (Å²) in [6.45, 7) is 8.56. The lowest BCUT2D eigenvalue weighted by molar-refractivity contribution is 0.0748. The molecule has 7 nitrogen and oxygen atoms in total. The molecule has 1 amide bonds. The smallest absolute Gasteiger partial charge is 0.271 e. The molecule has 4 rings (SSSR count). The van der Waals surface area contributed by atoms with E-state index in [0.717, 1.165) is 29.4 Å². The fourth-order valence-corrected chi connectivity index (χ4v) is 4.87. The van der Waals surface area contributed by atoms with E-state index in [9.17, 15) is 9.59 Å². The van der Waals surface area contributed by atoms with Crippen LogP contribution < -0.4 is 15.2 Å². The minimum atomic E-state index is -0.0773. The SMILES string of the molecule is COc1ccc(N2CCN(C(=O)c3c(C)sc4c(=O)n(C(C)C)cnc34)CC2)cc1. The molecule has 3 heterocycles. The predicted molar refractivity (Wildman–Crippen MR) is 120 cm³/mol. The number of fused-ring (bicyclic) bond motifs is 1. The van der Waals surface area contributed by atoms with Gasteiger partial charge >= 0.3 is 0 Å². The molecule has 2 aromatic heterocycles. The van der Waals surface area contributed by atoms with Gasteiger partial charge in [-0.2, -0.15) is 0 Å². The van der Waals surface area contributed by atoms with Gasteiger partial charge < -0.3 is 14.5 Å². The van der Waals surface area contributed by atoms with E-state index >= 15 is 0 Å². The van der Waals surface area contributed by atoms with Crippen molar-refractivity contribution in [1.29, 1.82) is 0 Å². The monoisotopic (exact) mass is 426 g/mol. The van der Waals surface area contributed by atoms with Crippen LogP contribution in [0.25, 0.3) is 10.2 Å². The van der Waals surface area contributed by atoms with Crippen molar-refractivity contribution in [2.45, 2.75) is 26.8 Å². The van der Waals surface area contributed by atoms with Crippen LogP contribution in [0.2, 0.25) is 0 Å². The van der Waals surface area contributed by atoms with E-state index in [0.29, 0.717) is 28.9 Å². The van der Waals surface area contributed by atoms with Crippen molar-refractivity contribution in [3.8, 4) is 5.75 Å². The van der Waals surface area contributed by atoms with Gasteiger partial charge in [0.2, 0.25) is 0 Å². The molecule has 0 bridgehead atoms. The largest absolute Gasteiger partial charge is 0.497 e. The topological polar surface area (TPSA) is 67.7 Å². The van der Waals surface area contributed by atoms with Gasteiger partial charge in [-0.15, -0.1) is 11.3 Å². The van der Waals surface area contributed by atoms with Crippen molar-refractivity contribution in [2.24, 2.45) is 0 Å². The van der Waals surface area contributed by atoms with Crippen LogP contribution in [0.3, 0.4) is 0 Å². The van der Waals surface area contributed by atoms with E-state index in [1.165, 1.54) is 11.3 Å². The Morgan fingerprint density at radius 1 is 1.13 bits per heavy atom. The summed E-state index contributed by atoms with van der Waals surface area (Å²) in [6.07, 6.45) is 1.56. The normalized spacial score (nSPS) is 14.6. The molecule has 158 valence electrons. The Morgan fingerprint density at radius 3 is 2.40 bits per heavy atom. The molecule has 0 N–H and O–H groups in total. The molecule has 0 atom stereocenters. The number of aryl methyl sites for hydroxylation is 1. The Bertz CT molecular complexity index is 1130. The van der Waals surface area contributed by atoms with Gasteiger partial charge in [-0.3, -0.25) is 14.2 Å². The van der Waals surface area contributed by atoms with E-state index in [4.69, 9.17) is 4.74 Å². The van der Waals surface area contributed by atoms with Crippen LogP contribution in [-0.4, -0.2) is 53.6 Å². The molecule has 0 spiro atoms. The fourth-order valence-electron chi connectivity index (χ4n) is 3.83. The maximum atomic E-state index is 13.3.